The molecule has 0 unspecified atom stereocenters. The maximum atomic E-state index is 3.67. The SMILES string of the molecule is CC(C)(C)c1[c-]c2c(cc1)-c1ccc(C(C)(C)C)cc1C2.CCc1[cH-]c(C)cc1C(C)(C)C.Cc1ccc([C](=[Zr+2])c2ccc(C)cc2)cc1.[Cl-].[Cl-]. The summed E-state index contributed by atoms with van der Waals surface area (Å²) in [6.07, 6.45) is 2.18. The van der Waals surface area contributed by atoms with Gasteiger partial charge in [0.1, 0.15) is 0 Å². The third-order valence-corrected chi connectivity index (χ3v) is 10.9. The zero-order valence-corrected chi connectivity index (χ0v) is 37.3. The Labute approximate surface area is 338 Å². The van der Waals surface area contributed by atoms with E-state index in [0.717, 1.165) is 12.8 Å². The van der Waals surface area contributed by atoms with Crippen molar-refractivity contribution >= 4 is 3.21 Å². The van der Waals surface area contributed by atoms with Crippen LogP contribution < -0.4 is 24.8 Å². The summed E-state index contributed by atoms with van der Waals surface area (Å²) in [6, 6.07) is 37.3. The molecule has 270 valence electrons. The minimum absolute atomic E-state index is 0. The summed E-state index contributed by atoms with van der Waals surface area (Å²) in [5.74, 6) is 0. The van der Waals surface area contributed by atoms with Gasteiger partial charge in [0.2, 0.25) is 0 Å². The van der Waals surface area contributed by atoms with E-state index < -0.39 is 0 Å². The first kappa shape index (κ1) is 44.7. The summed E-state index contributed by atoms with van der Waals surface area (Å²) < 4.78 is 1.42. The number of halogens is 2. The Morgan fingerprint density at radius 1 is 0.647 bits per heavy atom. The van der Waals surface area contributed by atoms with Gasteiger partial charge in [0.25, 0.3) is 0 Å². The topological polar surface area (TPSA) is 0 Å². The second-order valence-corrected chi connectivity index (χ2v) is 18.2. The van der Waals surface area contributed by atoms with E-state index in [2.05, 4.69) is 187 Å². The van der Waals surface area contributed by atoms with E-state index >= 15 is 0 Å². The van der Waals surface area contributed by atoms with Crippen LogP contribution in [0.5, 0.6) is 0 Å². The molecule has 0 amide bonds. The van der Waals surface area contributed by atoms with Gasteiger partial charge in [-0.15, -0.1) is 11.1 Å². The van der Waals surface area contributed by atoms with Crippen molar-refractivity contribution in [2.75, 3.05) is 0 Å². The van der Waals surface area contributed by atoms with Gasteiger partial charge in [0.05, 0.1) is 0 Å². The van der Waals surface area contributed by atoms with Crippen LogP contribution in [-0.4, -0.2) is 3.21 Å². The van der Waals surface area contributed by atoms with Crippen LogP contribution in [0.1, 0.15) is 130 Å². The van der Waals surface area contributed by atoms with Crippen LogP contribution in [-0.2, 0) is 53.3 Å². The van der Waals surface area contributed by atoms with Crippen molar-refractivity contribution in [1.82, 2.24) is 0 Å². The molecular weight excluding hydrogens is 739 g/mol. The molecule has 5 aromatic carbocycles. The van der Waals surface area contributed by atoms with Crippen LogP contribution in [0.2, 0.25) is 0 Å². The molecule has 1 aliphatic rings. The minimum Gasteiger partial charge on any atom is -1.00 e. The van der Waals surface area contributed by atoms with E-state index in [-0.39, 0.29) is 35.6 Å². The molecule has 0 fully saturated rings. The molecule has 6 rings (SSSR count). The van der Waals surface area contributed by atoms with Gasteiger partial charge in [-0.3, -0.25) is 0 Å². The van der Waals surface area contributed by atoms with E-state index in [1.807, 2.05) is 0 Å². The molecule has 0 aromatic heterocycles. The van der Waals surface area contributed by atoms with Crippen molar-refractivity contribution in [3.63, 3.8) is 0 Å². The van der Waals surface area contributed by atoms with Gasteiger partial charge < -0.3 is 24.8 Å². The predicted octanol–water partition coefficient (Wildman–Crippen LogP) is 6.65. The summed E-state index contributed by atoms with van der Waals surface area (Å²) in [5, 5.41) is 0. The third kappa shape index (κ3) is 11.8. The van der Waals surface area contributed by atoms with E-state index in [1.165, 1.54) is 99.8 Å². The third-order valence-electron chi connectivity index (χ3n) is 9.45. The summed E-state index contributed by atoms with van der Waals surface area (Å²) in [6.45, 7) is 29.1. The number of aryl methyl sites for hydroxylation is 4. The molecule has 0 bridgehead atoms. The molecule has 0 saturated carbocycles. The second kappa shape index (κ2) is 18.1. The van der Waals surface area contributed by atoms with Crippen LogP contribution >= 0.6 is 0 Å². The van der Waals surface area contributed by atoms with Gasteiger partial charge in [-0.1, -0.05) is 112 Å². The Morgan fingerprint density at radius 2 is 1.16 bits per heavy atom. The van der Waals surface area contributed by atoms with E-state index in [0.29, 0.717) is 5.41 Å². The number of rotatable bonds is 3. The Bertz CT molecular complexity index is 1770. The van der Waals surface area contributed by atoms with Crippen LogP contribution in [0.3, 0.4) is 0 Å². The largest absolute Gasteiger partial charge is 1.00 e. The summed E-state index contributed by atoms with van der Waals surface area (Å²) >= 11 is 1.46. The molecule has 0 heterocycles. The van der Waals surface area contributed by atoms with Crippen LogP contribution in [0, 0.1) is 26.8 Å². The molecule has 0 saturated heterocycles. The van der Waals surface area contributed by atoms with Gasteiger partial charge in [-0.25, -0.2) is 6.07 Å². The van der Waals surface area contributed by atoms with Gasteiger partial charge in [0, 0.05) is 0 Å². The predicted molar refractivity (Wildman–Crippen MR) is 211 cm³/mol. The van der Waals surface area contributed by atoms with E-state index in [1.54, 1.807) is 0 Å². The van der Waals surface area contributed by atoms with Gasteiger partial charge in [0.15, 0.2) is 0 Å². The Morgan fingerprint density at radius 3 is 1.59 bits per heavy atom. The van der Waals surface area contributed by atoms with Crippen molar-refractivity contribution in [2.45, 2.75) is 119 Å². The minimum atomic E-state index is 0. The standard InChI is InChI=1S/C21H25.C15H14.C12H19.2ClH.Zr/c1-20(2,3)16-7-9-18-14(12-16)11-15-13-17(21(4,5)6)8-10-19(15)18;1-12-3-7-14(8-4-12)11-15-9-5-13(2)6-10-15;1-6-10-7-9(2)8-11(10)12(3,4)5;;;/h7-10,12H,11H2,1-6H3;3-10H,1-2H3;7-8H,6H2,1-5H3;2*1H;/q-1;;-1;;;+2/p-2. The maximum Gasteiger partial charge on any atom is -1.00 e. The van der Waals surface area contributed by atoms with Crippen molar-refractivity contribution in [3.05, 3.63) is 158 Å². The average Bonchev–Trinajstić information content (AvgIpc) is 3.60. The monoisotopic (exact) mass is 794 g/mol. The van der Waals surface area contributed by atoms with Crippen molar-refractivity contribution in [3.8, 4) is 11.1 Å². The molecule has 5 aromatic rings. The number of benzene rings is 4. The summed E-state index contributed by atoms with van der Waals surface area (Å²) in [7, 11) is 0. The number of hydrogen-bond acceptors (Lipinski definition) is 0. The van der Waals surface area contributed by atoms with Gasteiger partial charge in [-0.2, -0.15) is 46.5 Å². The zero-order chi connectivity index (χ0) is 36.3. The Balaban J connectivity index is 0.000000270. The first-order chi connectivity index (χ1) is 22.8. The van der Waals surface area contributed by atoms with Crippen LogP contribution in [0.15, 0.2) is 91.0 Å². The molecule has 1 aliphatic carbocycles. The second-order valence-electron chi connectivity index (χ2n) is 17.0. The smallest absolute Gasteiger partial charge is 1.00 e. The first-order valence-electron chi connectivity index (χ1n) is 18.0. The van der Waals surface area contributed by atoms with Crippen molar-refractivity contribution in [2.24, 2.45) is 0 Å². The Kier molecular flexibility index (Phi) is 15.8. The fourth-order valence-electron chi connectivity index (χ4n) is 6.34. The number of fused-ring (bicyclic) bond motifs is 3. The molecule has 51 heavy (non-hydrogen) atoms. The normalized spacial score (nSPS) is 11.8. The molecule has 0 N–H and O–H groups in total. The van der Waals surface area contributed by atoms with E-state index in [4.69, 9.17) is 0 Å². The van der Waals surface area contributed by atoms with Gasteiger partial charge in [-0.05, 0) is 28.4 Å². The molecule has 0 aliphatic heterocycles. The zero-order valence-electron chi connectivity index (χ0n) is 33.3. The Hall–Kier alpha value is -2.44. The molecular formula is C48H58Cl2Zr-2. The molecule has 0 radical (unpaired) electrons. The fraction of sp³-hybridized carbons (Fsp3) is 0.375. The molecule has 3 heteroatoms. The number of hydrogen-bond donors (Lipinski definition) is 0. The molecule has 0 atom stereocenters. The average molecular weight is 797 g/mol. The van der Waals surface area contributed by atoms with Crippen molar-refractivity contribution in [1.29, 1.82) is 0 Å². The molecule has 0 nitrogen and oxygen atoms in total. The van der Waals surface area contributed by atoms with Crippen molar-refractivity contribution < 1.29 is 49.0 Å². The quantitative estimate of drug-likeness (QED) is 0.176. The molecule has 0 spiro atoms. The maximum absolute atomic E-state index is 3.67. The van der Waals surface area contributed by atoms with Crippen LogP contribution in [0.4, 0.5) is 0 Å². The van der Waals surface area contributed by atoms with Crippen LogP contribution in [0.25, 0.3) is 11.1 Å². The first-order valence-corrected chi connectivity index (χ1v) is 19.2. The van der Waals surface area contributed by atoms with E-state index in [9.17, 15) is 0 Å². The summed E-state index contributed by atoms with van der Waals surface area (Å²) in [5.41, 5.74) is 18.8. The summed E-state index contributed by atoms with van der Waals surface area (Å²) in [4.78, 5) is 0. The van der Waals surface area contributed by atoms with Gasteiger partial charge >= 0.3 is 112 Å². The fourth-order valence-corrected chi connectivity index (χ4v) is 7.16.